The number of thioether (sulfide) groups is 1. The van der Waals surface area contributed by atoms with Crippen LogP contribution in [0.3, 0.4) is 0 Å². The fraction of sp³-hybridized carbons (Fsp3) is 0.143. The summed E-state index contributed by atoms with van der Waals surface area (Å²) in [6.07, 6.45) is 3.40. The molecule has 1 atom stereocenters. The molecular formula is C14H11ClN4OS. The van der Waals surface area contributed by atoms with Gasteiger partial charge in [-0.1, -0.05) is 29.4 Å². The summed E-state index contributed by atoms with van der Waals surface area (Å²) in [4.78, 5) is 8.33. The molecule has 0 aliphatic carbocycles. The van der Waals surface area contributed by atoms with E-state index >= 15 is 0 Å². The van der Waals surface area contributed by atoms with Crippen molar-refractivity contribution in [2.75, 3.05) is 0 Å². The molecule has 7 heteroatoms. The topological polar surface area (TPSA) is 64.7 Å². The first-order valence-electron chi connectivity index (χ1n) is 6.25. The van der Waals surface area contributed by atoms with Gasteiger partial charge in [-0.15, -0.1) is 10.2 Å². The van der Waals surface area contributed by atoms with Crippen LogP contribution in [0.25, 0.3) is 11.5 Å². The molecule has 0 bridgehead atoms. The summed E-state index contributed by atoms with van der Waals surface area (Å²) in [7, 11) is 0. The van der Waals surface area contributed by atoms with Crippen molar-refractivity contribution in [3.8, 4) is 11.5 Å². The quantitative estimate of drug-likeness (QED) is 0.534. The van der Waals surface area contributed by atoms with Crippen LogP contribution in [-0.2, 0) is 0 Å². The molecule has 0 spiro atoms. The first-order chi connectivity index (χ1) is 10.2. The van der Waals surface area contributed by atoms with Gasteiger partial charge >= 0.3 is 0 Å². The molecule has 3 rings (SSSR count). The third kappa shape index (κ3) is 3.40. The molecule has 0 amide bonds. The Hall–Kier alpha value is -1.92. The normalized spacial score (nSPS) is 12.3. The predicted octanol–water partition coefficient (Wildman–Crippen LogP) is 4.03. The molecule has 0 aliphatic rings. The second kappa shape index (κ2) is 6.24. The molecule has 1 aromatic carbocycles. The van der Waals surface area contributed by atoms with Crippen molar-refractivity contribution in [1.29, 1.82) is 0 Å². The molecule has 0 saturated carbocycles. The Bertz CT molecular complexity index is 735. The lowest BCUT2D eigenvalue weighted by Crippen LogP contribution is -1.91. The summed E-state index contributed by atoms with van der Waals surface area (Å²) in [6.45, 7) is 1.97. The molecule has 0 saturated heterocycles. The SMILES string of the molecule is C[C@@H](Sc1ncccn1)c1nnc(-c2cccc(Cl)c2)o1. The van der Waals surface area contributed by atoms with E-state index < -0.39 is 0 Å². The number of hydrogen-bond donors (Lipinski definition) is 0. The van der Waals surface area contributed by atoms with Gasteiger partial charge in [-0.25, -0.2) is 9.97 Å². The summed E-state index contributed by atoms with van der Waals surface area (Å²) in [5.41, 5.74) is 0.800. The van der Waals surface area contributed by atoms with E-state index in [2.05, 4.69) is 20.2 Å². The number of nitrogens with zero attached hydrogens (tertiary/aromatic N) is 4. The van der Waals surface area contributed by atoms with E-state index in [9.17, 15) is 0 Å². The van der Waals surface area contributed by atoms with Gasteiger partial charge in [0.1, 0.15) is 0 Å². The number of rotatable bonds is 4. The first-order valence-corrected chi connectivity index (χ1v) is 7.51. The first kappa shape index (κ1) is 14.0. The van der Waals surface area contributed by atoms with E-state index in [0.717, 1.165) is 5.56 Å². The summed E-state index contributed by atoms with van der Waals surface area (Å²) >= 11 is 7.42. The van der Waals surface area contributed by atoms with Gasteiger partial charge in [0.25, 0.3) is 0 Å². The molecule has 2 heterocycles. The fourth-order valence-corrected chi connectivity index (χ4v) is 2.64. The third-order valence-electron chi connectivity index (χ3n) is 2.68. The average Bonchev–Trinajstić information content (AvgIpc) is 2.98. The monoisotopic (exact) mass is 318 g/mol. The van der Waals surface area contributed by atoms with Crippen LogP contribution in [0.15, 0.2) is 52.3 Å². The lowest BCUT2D eigenvalue weighted by Gasteiger charge is -2.04. The van der Waals surface area contributed by atoms with Crippen molar-refractivity contribution in [2.45, 2.75) is 17.3 Å². The van der Waals surface area contributed by atoms with Gasteiger partial charge in [0, 0.05) is 23.0 Å². The Kier molecular flexibility index (Phi) is 4.17. The van der Waals surface area contributed by atoms with Crippen LogP contribution < -0.4 is 0 Å². The zero-order valence-corrected chi connectivity index (χ0v) is 12.7. The molecule has 0 aliphatic heterocycles. The molecule has 2 aromatic heterocycles. The lowest BCUT2D eigenvalue weighted by atomic mass is 10.2. The summed E-state index contributed by atoms with van der Waals surface area (Å²) in [5, 5.41) is 9.41. The Morgan fingerprint density at radius 3 is 2.71 bits per heavy atom. The number of halogens is 1. The highest BCUT2D eigenvalue weighted by atomic mass is 35.5. The third-order valence-corrected chi connectivity index (χ3v) is 3.90. The maximum absolute atomic E-state index is 5.96. The van der Waals surface area contributed by atoms with Gasteiger partial charge in [-0.3, -0.25) is 0 Å². The maximum Gasteiger partial charge on any atom is 0.247 e. The molecule has 21 heavy (non-hydrogen) atoms. The second-order valence-corrected chi connectivity index (χ2v) is 5.99. The van der Waals surface area contributed by atoms with Crippen LogP contribution in [0.2, 0.25) is 5.02 Å². The Balaban J connectivity index is 1.78. The van der Waals surface area contributed by atoms with Crippen molar-refractivity contribution in [3.63, 3.8) is 0 Å². The molecule has 0 unspecified atom stereocenters. The van der Waals surface area contributed by atoms with Crippen LogP contribution >= 0.6 is 23.4 Å². The van der Waals surface area contributed by atoms with Crippen LogP contribution in [-0.4, -0.2) is 20.2 Å². The van der Waals surface area contributed by atoms with Gasteiger partial charge < -0.3 is 4.42 Å². The van der Waals surface area contributed by atoms with E-state index in [4.69, 9.17) is 16.0 Å². The summed E-state index contributed by atoms with van der Waals surface area (Å²) < 4.78 is 5.70. The van der Waals surface area contributed by atoms with Crippen molar-refractivity contribution in [1.82, 2.24) is 20.2 Å². The van der Waals surface area contributed by atoms with Crippen LogP contribution in [0.1, 0.15) is 18.1 Å². The van der Waals surface area contributed by atoms with Gasteiger partial charge in [-0.05, 0) is 31.2 Å². The average molecular weight is 319 g/mol. The van der Waals surface area contributed by atoms with Crippen molar-refractivity contribution >= 4 is 23.4 Å². The lowest BCUT2D eigenvalue weighted by molar-refractivity contribution is 0.509. The highest BCUT2D eigenvalue weighted by Gasteiger charge is 2.17. The van der Waals surface area contributed by atoms with Gasteiger partial charge in [0.05, 0.1) is 5.25 Å². The van der Waals surface area contributed by atoms with Crippen molar-refractivity contribution in [2.24, 2.45) is 0 Å². The number of aromatic nitrogens is 4. The van der Waals surface area contributed by atoms with Gasteiger partial charge in [0.15, 0.2) is 5.16 Å². The standard InChI is InChI=1S/C14H11ClN4OS/c1-9(21-14-16-6-3-7-17-14)12-18-19-13(20-12)10-4-2-5-11(15)8-10/h2-9H,1H3/t9-/m1/s1. The molecule has 5 nitrogen and oxygen atoms in total. The van der Waals surface area contributed by atoms with E-state index in [1.54, 1.807) is 30.6 Å². The highest BCUT2D eigenvalue weighted by Crippen LogP contribution is 2.33. The number of hydrogen-bond acceptors (Lipinski definition) is 6. The van der Waals surface area contributed by atoms with E-state index in [0.29, 0.717) is 22.0 Å². The summed E-state index contributed by atoms with van der Waals surface area (Å²) in [6, 6.07) is 9.09. The zero-order chi connectivity index (χ0) is 14.7. The Morgan fingerprint density at radius 1 is 1.14 bits per heavy atom. The fourth-order valence-electron chi connectivity index (χ4n) is 1.69. The predicted molar refractivity (Wildman–Crippen MR) is 81.0 cm³/mol. The van der Waals surface area contributed by atoms with Gasteiger partial charge in [0.2, 0.25) is 11.8 Å². The smallest absolute Gasteiger partial charge is 0.247 e. The molecule has 0 radical (unpaired) electrons. The Morgan fingerprint density at radius 2 is 1.95 bits per heavy atom. The zero-order valence-electron chi connectivity index (χ0n) is 11.1. The molecule has 0 fully saturated rings. The largest absolute Gasteiger partial charge is 0.419 e. The van der Waals surface area contributed by atoms with Crippen molar-refractivity contribution < 1.29 is 4.42 Å². The minimum atomic E-state index is -0.0344. The van der Waals surface area contributed by atoms with Crippen LogP contribution in [0.5, 0.6) is 0 Å². The molecule has 0 N–H and O–H groups in total. The minimum absolute atomic E-state index is 0.0344. The second-order valence-electron chi connectivity index (χ2n) is 4.25. The van der Waals surface area contributed by atoms with Gasteiger partial charge in [-0.2, -0.15) is 0 Å². The van der Waals surface area contributed by atoms with Crippen LogP contribution in [0, 0.1) is 0 Å². The van der Waals surface area contributed by atoms with E-state index in [1.165, 1.54) is 11.8 Å². The Labute approximate surface area is 130 Å². The minimum Gasteiger partial charge on any atom is -0.419 e. The highest BCUT2D eigenvalue weighted by molar-refractivity contribution is 7.99. The molecule has 3 aromatic rings. The van der Waals surface area contributed by atoms with Crippen molar-refractivity contribution in [3.05, 3.63) is 53.6 Å². The molecule has 106 valence electrons. The van der Waals surface area contributed by atoms with E-state index in [1.807, 2.05) is 19.1 Å². The van der Waals surface area contributed by atoms with Crippen LogP contribution in [0.4, 0.5) is 0 Å². The summed E-state index contributed by atoms with van der Waals surface area (Å²) in [5.74, 6) is 0.983. The number of benzene rings is 1. The maximum atomic E-state index is 5.96. The molecular weight excluding hydrogens is 308 g/mol. The van der Waals surface area contributed by atoms with E-state index in [-0.39, 0.29) is 5.25 Å².